The highest BCUT2D eigenvalue weighted by atomic mass is 35.5. The fourth-order valence-electron chi connectivity index (χ4n) is 3.09. The zero-order valence-electron chi connectivity index (χ0n) is 17.5. The van der Waals surface area contributed by atoms with E-state index >= 15 is 0 Å². The van der Waals surface area contributed by atoms with E-state index in [4.69, 9.17) is 11.6 Å². The third-order valence-corrected chi connectivity index (χ3v) is 4.90. The number of hydrogen-bond acceptors (Lipinski definition) is 6. The first-order valence-corrected chi connectivity index (χ1v) is 10.4. The maximum absolute atomic E-state index is 12.3. The minimum absolute atomic E-state index is 0.311. The van der Waals surface area contributed by atoms with Gasteiger partial charge in [-0.15, -0.1) is 18.3 Å². The van der Waals surface area contributed by atoms with E-state index in [2.05, 4.69) is 25.5 Å². The molecule has 4 rings (SSSR count). The van der Waals surface area contributed by atoms with Gasteiger partial charge in [-0.3, -0.25) is 5.32 Å². The quantitative estimate of drug-likeness (QED) is 0.303. The molecule has 1 unspecified atom stereocenters. The van der Waals surface area contributed by atoms with E-state index in [1.165, 1.54) is 35.3 Å². The van der Waals surface area contributed by atoms with Gasteiger partial charge in [-0.1, -0.05) is 41.9 Å². The number of rotatable bonds is 8. The lowest BCUT2D eigenvalue weighted by atomic mass is 10.1. The van der Waals surface area contributed by atoms with Crippen molar-refractivity contribution in [3.05, 3.63) is 89.7 Å². The van der Waals surface area contributed by atoms with Crippen molar-refractivity contribution in [3.8, 4) is 22.8 Å². The van der Waals surface area contributed by atoms with Gasteiger partial charge >= 0.3 is 6.36 Å². The van der Waals surface area contributed by atoms with E-state index in [0.29, 0.717) is 28.8 Å². The Morgan fingerprint density at radius 3 is 2.44 bits per heavy atom. The van der Waals surface area contributed by atoms with Crippen molar-refractivity contribution < 1.29 is 23.0 Å². The normalized spacial score (nSPS) is 12.4. The Hall–Kier alpha value is -3.60. The van der Waals surface area contributed by atoms with Crippen molar-refractivity contribution in [2.75, 3.05) is 5.32 Å². The van der Waals surface area contributed by atoms with Crippen LogP contribution in [0.5, 0.6) is 5.75 Å². The average Bonchev–Trinajstić information content (AvgIpc) is 3.28. The van der Waals surface area contributed by atoms with Crippen molar-refractivity contribution in [3.63, 3.8) is 0 Å². The number of hydrogen-bond donors (Lipinski definition) is 3. The molecular formula is C23H19ClF3N5O2. The molecule has 176 valence electrons. The van der Waals surface area contributed by atoms with Crippen molar-refractivity contribution in [1.82, 2.24) is 20.1 Å². The maximum Gasteiger partial charge on any atom is 0.573 e. The molecular weight excluding hydrogens is 471 g/mol. The van der Waals surface area contributed by atoms with Gasteiger partial charge < -0.3 is 15.2 Å². The Morgan fingerprint density at radius 1 is 1.03 bits per heavy atom. The topological polar surface area (TPSA) is 84.2 Å². The molecule has 4 aromatic rings. The summed E-state index contributed by atoms with van der Waals surface area (Å²) in [5.74, 6) is 0.145. The third kappa shape index (κ3) is 6.47. The standard InChI is InChI=1S/C23H19ClF3N5O2/c24-17-2-1-3-18(12-17)30-22(33)28-13-15-4-6-16(7-5-15)21-29-14-32(31-21)19-8-10-20(11-9-19)34-23(25,26)27/h1-12,14,22,28,30,33H,13H2. The summed E-state index contributed by atoms with van der Waals surface area (Å²) in [4.78, 5) is 4.27. The van der Waals surface area contributed by atoms with Crippen LogP contribution in [0.1, 0.15) is 5.56 Å². The highest BCUT2D eigenvalue weighted by molar-refractivity contribution is 6.30. The summed E-state index contributed by atoms with van der Waals surface area (Å²) in [7, 11) is 0. The van der Waals surface area contributed by atoms with Crippen molar-refractivity contribution in [2.45, 2.75) is 19.3 Å². The number of alkyl halides is 3. The molecule has 1 heterocycles. The van der Waals surface area contributed by atoms with E-state index in [1.807, 2.05) is 24.3 Å². The molecule has 0 aliphatic rings. The van der Waals surface area contributed by atoms with Gasteiger partial charge in [-0.25, -0.2) is 9.67 Å². The average molecular weight is 490 g/mol. The maximum atomic E-state index is 12.3. The van der Waals surface area contributed by atoms with Crippen molar-refractivity contribution >= 4 is 17.3 Å². The van der Waals surface area contributed by atoms with Gasteiger partial charge in [0.05, 0.1) is 5.69 Å². The van der Waals surface area contributed by atoms with E-state index in [9.17, 15) is 18.3 Å². The Balaban J connectivity index is 1.34. The number of nitrogens with one attached hydrogen (secondary N) is 2. The second-order valence-corrected chi connectivity index (χ2v) is 7.63. The number of aromatic nitrogens is 3. The molecule has 3 aromatic carbocycles. The van der Waals surface area contributed by atoms with Crippen LogP contribution in [-0.2, 0) is 6.54 Å². The molecule has 1 aromatic heterocycles. The summed E-state index contributed by atoms with van der Waals surface area (Å²) in [6.45, 7) is 0.406. The summed E-state index contributed by atoms with van der Waals surface area (Å²) in [5, 5.41) is 20.9. The molecule has 7 nitrogen and oxygen atoms in total. The summed E-state index contributed by atoms with van der Waals surface area (Å²) in [5.41, 5.74) is 2.91. The molecule has 0 spiro atoms. The number of aliphatic hydroxyl groups is 1. The first-order valence-electron chi connectivity index (χ1n) is 10.1. The van der Waals surface area contributed by atoms with Crippen LogP contribution >= 0.6 is 11.6 Å². The molecule has 11 heteroatoms. The van der Waals surface area contributed by atoms with Gasteiger partial charge in [0.2, 0.25) is 0 Å². The van der Waals surface area contributed by atoms with Crippen LogP contribution in [0.4, 0.5) is 18.9 Å². The highest BCUT2D eigenvalue weighted by Gasteiger charge is 2.31. The van der Waals surface area contributed by atoms with E-state index in [-0.39, 0.29) is 5.75 Å². The minimum Gasteiger partial charge on any atom is -0.406 e. The summed E-state index contributed by atoms with van der Waals surface area (Å²) in [6.07, 6.45) is -4.24. The minimum atomic E-state index is -4.74. The number of halogens is 4. The summed E-state index contributed by atoms with van der Waals surface area (Å²) >= 11 is 5.93. The number of nitrogens with zero attached hydrogens (tertiary/aromatic N) is 3. The monoisotopic (exact) mass is 489 g/mol. The smallest absolute Gasteiger partial charge is 0.406 e. The molecule has 0 aliphatic carbocycles. The van der Waals surface area contributed by atoms with E-state index in [0.717, 1.165) is 11.1 Å². The number of aliphatic hydroxyl groups excluding tert-OH is 1. The van der Waals surface area contributed by atoms with Gasteiger partial charge in [0.1, 0.15) is 12.1 Å². The molecule has 0 saturated carbocycles. The predicted molar refractivity (Wildman–Crippen MR) is 121 cm³/mol. The molecule has 0 aliphatic heterocycles. The van der Waals surface area contributed by atoms with Crippen molar-refractivity contribution in [1.29, 1.82) is 0 Å². The highest BCUT2D eigenvalue weighted by Crippen LogP contribution is 2.24. The molecule has 0 saturated heterocycles. The van der Waals surface area contributed by atoms with Crippen molar-refractivity contribution in [2.24, 2.45) is 0 Å². The Bertz CT molecular complexity index is 1230. The molecule has 0 fully saturated rings. The van der Waals surface area contributed by atoms with Gasteiger partial charge in [0.25, 0.3) is 0 Å². The molecule has 0 bridgehead atoms. The van der Waals surface area contributed by atoms with Crippen LogP contribution in [0.2, 0.25) is 5.02 Å². The van der Waals surface area contributed by atoms with E-state index in [1.54, 1.807) is 24.3 Å². The largest absolute Gasteiger partial charge is 0.573 e. The van der Waals surface area contributed by atoms with Crippen LogP contribution in [0, 0.1) is 0 Å². The SMILES string of the molecule is OC(NCc1ccc(-c2ncn(-c3ccc(OC(F)(F)F)cc3)n2)cc1)Nc1cccc(Cl)c1. The Morgan fingerprint density at radius 2 is 1.76 bits per heavy atom. The fourth-order valence-corrected chi connectivity index (χ4v) is 3.28. The number of benzene rings is 3. The van der Waals surface area contributed by atoms with Crippen LogP contribution in [0.3, 0.4) is 0 Å². The summed E-state index contributed by atoms with van der Waals surface area (Å²) in [6, 6.07) is 19.8. The first kappa shape index (κ1) is 23.6. The van der Waals surface area contributed by atoms with Gasteiger partial charge in [0.15, 0.2) is 12.2 Å². The lowest BCUT2D eigenvalue weighted by Crippen LogP contribution is -2.35. The second kappa shape index (κ2) is 10.1. The van der Waals surface area contributed by atoms with Gasteiger partial charge in [-0.05, 0) is 48.0 Å². The molecule has 0 amide bonds. The number of ether oxygens (including phenoxy) is 1. The molecule has 0 radical (unpaired) electrons. The van der Waals surface area contributed by atoms with Gasteiger partial charge in [-0.2, -0.15) is 0 Å². The van der Waals surface area contributed by atoms with E-state index < -0.39 is 12.7 Å². The van der Waals surface area contributed by atoms with Crippen LogP contribution in [0.15, 0.2) is 79.1 Å². The van der Waals surface area contributed by atoms with Crippen LogP contribution < -0.4 is 15.4 Å². The lowest BCUT2D eigenvalue weighted by Gasteiger charge is -2.16. The second-order valence-electron chi connectivity index (χ2n) is 7.19. The Kier molecular flexibility index (Phi) is 7.01. The Labute approximate surface area is 197 Å². The predicted octanol–water partition coefficient (Wildman–Crippen LogP) is 4.96. The molecule has 3 N–H and O–H groups in total. The summed E-state index contributed by atoms with van der Waals surface area (Å²) < 4.78 is 42.2. The van der Waals surface area contributed by atoms with Crippen LogP contribution in [-0.4, -0.2) is 32.6 Å². The van der Waals surface area contributed by atoms with Crippen LogP contribution in [0.25, 0.3) is 17.1 Å². The lowest BCUT2D eigenvalue weighted by molar-refractivity contribution is -0.274. The first-order chi connectivity index (χ1) is 16.2. The zero-order chi connectivity index (χ0) is 24.1. The van der Waals surface area contributed by atoms with Gasteiger partial charge in [0, 0.05) is 22.8 Å². The molecule has 34 heavy (non-hydrogen) atoms. The third-order valence-electron chi connectivity index (χ3n) is 4.67. The zero-order valence-corrected chi connectivity index (χ0v) is 18.3. The fraction of sp³-hybridized carbons (Fsp3) is 0.130. The molecule has 1 atom stereocenters. The number of anilines is 1.